The van der Waals surface area contributed by atoms with Gasteiger partial charge in [-0.25, -0.2) is 9.18 Å². The number of halogens is 2. The SMILES string of the molecule is CCOC(=O)c1c(-c2ccccc2)oc2cc(Br)c(OCc3cccc(F)c3)cc12. The largest absolute Gasteiger partial charge is 0.488 e. The van der Waals surface area contributed by atoms with Gasteiger partial charge in [-0.2, -0.15) is 0 Å². The van der Waals surface area contributed by atoms with E-state index in [1.807, 2.05) is 30.3 Å². The maximum Gasteiger partial charge on any atom is 0.342 e. The van der Waals surface area contributed by atoms with Crippen molar-refractivity contribution in [3.8, 4) is 17.1 Å². The van der Waals surface area contributed by atoms with Gasteiger partial charge in [0, 0.05) is 10.9 Å². The number of benzene rings is 3. The molecule has 0 fully saturated rings. The molecule has 0 aliphatic carbocycles. The highest BCUT2D eigenvalue weighted by atomic mass is 79.9. The Morgan fingerprint density at radius 2 is 1.87 bits per heavy atom. The van der Waals surface area contributed by atoms with Gasteiger partial charge < -0.3 is 13.9 Å². The molecule has 6 heteroatoms. The van der Waals surface area contributed by atoms with Crippen LogP contribution >= 0.6 is 15.9 Å². The number of esters is 1. The first kappa shape index (κ1) is 20.2. The van der Waals surface area contributed by atoms with Gasteiger partial charge in [-0.05, 0) is 52.7 Å². The summed E-state index contributed by atoms with van der Waals surface area (Å²) in [6, 6.07) is 19.1. The van der Waals surface area contributed by atoms with Gasteiger partial charge in [0.2, 0.25) is 0 Å². The highest BCUT2D eigenvalue weighted by molar-refractivity contribution is 9.10. The second-order valence-electron chi connectivity index (χ2n) is 6.59. The van der Waals surface area contributed by atoms with Gasteiger partial charge >= 0.3 is 5.97 Å². The second-order valence-corrected chi connectivity index (χ2v) is 7.44. The quantitative estimate of drug-likeness (QED) is 0.293. The molecule has 152 valence electrons. The predicted molar refractivity (Wildman–Crippen MR) is 116 cm³/mol. The van der Waals surface area contributed by atoms with E-state index in [0.29, 0.717) is 38.1 Å². The molecule has 0 aliphatic rings. The van der Waals surface area contributed by atoms with Crippen LogP contribution in [0.3, 0.4) is 0 Å². The van der Waals surface area contributed by atoms with Crippen molar-refractivity contribution >= 4 is 32.9 Å². The number of carbonyl (C=O) groups is 1. The number of rotatable bonds is 6. The molecule has 3 aromatic carbocycles. The molecular formula is C24H18BrFO4. The summed E-state index contributed by atoms with van der Waals surface area (Å²) in [5, 5.41) is 0.588. The van der Waals surface area contributed by atoms with Crippen molar-refractivity contribution < 1.29 is 23.1 Å². The zero-order valence-electron chi connectivity index (χ0n) is 16.2. The summed E-state index contributed by atoms with van der Waals surface area (Å²) in [6.07, 6.45) is 0. The molecule has 0 spiro atoms. The van der Waals surface area contributed by atoms with Crippen LogP contribution in [0.5, 0.6) is 5.75 Å². The summed E-state index contributed by atoms with van der Waals surface area (Å²) in [5.74, 6) is 0.169. The molecule has 0 atom stereocenters. The zero-order valence-corrected chi connectivity index (χ0v) is 17.7. The maximum absolute atomic E-state index is 13.4. The van der Waals surface area contributed by atoms with Crippen LogP contribution in [0, 0.1) is 5.82 Å². The molecule has 0 amide bonds. The van der Waals surface area contributed by atoms with E-state index in [1.165, 1.54) is 12.1 Å². The van der Waals surface area contributed by atoms with Crippen molar-refractivity contribution in [1.29, 1.82) is 0 Å². The van der Waals surface area contributed by atoms with Crippen LogP contribution in [-0.2, 0) is 11.3 Å². The summed E-state index contributed by atoms with van der Waals surface area (Å²) < 4.78 is 31.3. The van der Waals surface area contributed by atoms with E-state index >= 15 is 0 Å². The fourth-order valence-electron chi connectivity index (χ4n) is 3.20. The fourth-order valence-corrected chi connectivity index (χ4v) is 3.63. The molecule has 1 heterocycles. The van der Waals surface area contributed by atoms with Gasteiger partial charge in [0.25, 0.3) is 0 Å². The lowest BCUT2D eigenvalue weighted by Gasteiger charge is -2.09. The van der Waals surface area contributed by atoms with Crippen LogP contribution in [0.2, 0.25) is 0 Å². The highest BCUT2D eigenvalue weighted by Crippen LogP contribution is 2.39. The first-order valence-electron chi connectivity index (χ1n) is 9.42. The lowest BCUT2D eigenvalue weighted by Crippen LogP contribution is -2.05. The van der Waals surface area contributed by atoms with Crippen molar-refractivity contribution in [3.63, 3.8) is 0 Å². The molecule has 4 aromatic rings. The summed E-state index contributed by atoms with van der Waals surface area (Å²) in [4.78, 5) is 12.8. The molecule has 0 saturated carbocycles. The van der Waals surface area contributed by atoms with E-state index in [2.05, 4.69) is 15.9 Å². The van der Waals surface area contributed by atoms with Crippen molar-refractivity contribution in [3.05, 3.63) is 88.1 Å². The average Bonchev–Trinajstić information content (AvgIpc) is 3.11. The second kappa shape index (κ2) is 8.71. The molecule has 0 saturated heterocycles. The topological polar surface area (TPSA) is 48.7 Å². The van der Waals surface area contributed by atoms with Gasteiger partial charge in [0.15, 0.2) is 0 Å². The van der Waals surface area contributed by atoms with Crippen LogP contribution in [0.25, 0.3) is 22.3 Å². The Morgan fingerprint density at radius 3 is 2.60 bits per heavy atom. The molecule has 4 rings (SSSR count). The van der Waals surface area contributed by atoms with Crippen LogP contribution in [0.15, 0.2) is 75.6 Å². The number of carbonyl (C=O) groups excluding carboxylic acids is 1. The van der Waals surface area contributed by atoms with Gasteiger partial charge in [-0.3, -0.25) is 0 Å². The van der Waals surface area contributed by atoms with E-state index in [1.54, 1.807) is 31.2 Å². The molecule has 1 aromatic heterocycles. The van der Waals surface area contributed by atoms with Crippen LogP contribution < -0.4 is 4.74 Å². The number of fused-ring (bicyclic) bond motifs is 1. The molecule has 4 nitrogen and oxygen atoms in total. The van der Waals surface area contributed by atoms with Gasteiger partial charge in [0.1, 0.15) is 35.1 Å². The molecule has 0 aliphatic heterocycles. The Hall–Kier alpha value is -3.12. The zero-order chi connectivity index (χ0) is 21.1. The van der Waals surface area contributed by atoms with E-state index in [0.717, 1.165) is 5.56 Å². The molecule has 0 N–H and O–H groups in total. The molecular weight excluding hydrogens is 451 g/mol. The van der Waals surface area contributed by atoms with E-state index in [-0.39, 0.29) is 19.0 Å². The van der Waals surface area contributed by atoms with E-state index in [4.69, 9.17) is 13.9 Å². The Labute approximate surface area is 181 Å². The third-order valence-corrected chi connectivity index (χ3v) is 5.16. The minimum atomic E-state index is -0.464. The van der Waals surface area contributed by atoms with Crippen LogP contribution in [0.1, 0.15) is 22.8 Å². The molecule has 0 bridgehead atoms. The minimum Gasteiger partial charge on any atom is -0.488 e. The summed E-state index contributed by atoms with van der Waals surface area (Å²) in [6.45, 7) is 2.19. The Bertz CT molecular complexity index is 1200. The minimum absolute atomic E-state index is 0.181. The van der Waals surface area contributed by atoms with Crippen LogP contribution in [-0.4, -0.2) is 12.6 Å². The summed E-state index contributed by atoms with van der Waals surface area (Å²) in [5.41, 5.74) is 2.35. The van der Waals surface area contributed by atoms with Crippen molar-refractivity contribution in [1.82, 2.24) is 0 Å². The molecule has 0 radical (unpaired) electrons. The third-order valence-electron chi connectivity index (χ3n) is 4.54. The van der Waals surface area contributed by atoms with E-state index in [9.17, 15) is 9.18 Å². The smallest absolute Gasteiger partial charge is 0.342 e. The average molecular weight is 469 g/mol. The van der Waals surface area contributed by atoms with Crippen molar-refractivity contribution in [2.24, 2.45) is 0 Å². The lowest BCUT2D eigenvalue weighted by atomic mass is 10.1. The van der Waals surface area contributed by atoms with Crippen molar-refractivity contribution in [2.75, 3.05) is 6.61 Å². The van der Waals surface area contributed by atoms with Gasteiger partial charge in [-0.15, -0.1) is 0 Å². The highest BCUT2D eigenvalue weighted by Gasteiger charge is 2.24. The lowest BCUT2D eigenvalue weighted by molar-refractivity contribution is 0.0528. The monoisotopic (exact) mass is 468 g/mol. The third kappa shape index (κ3) is 4.09. The summed E-state index contributed by atoms with van der Waals surface area (Å²) >= 11 is 3.49. The first-order chi connectivity index (χ1) is 14.6. The van der Waals surface area contributed by atoms with E-state index < -0.39 is 5.97 Å². The first-order valence-corrected chi connectivity index (χ1v) is 10.2. The van der Waals surface area contributed by atoms with Gasteiger partial charge in [0.05, 0.1) is 11.1 Å². The van der Waals surface area contributed by atoms with Crippen molar-refractivity contribution in [2.45, 2.75) is 13.5 Å². The number of ether oxygens (including phenoxy) is 2. The maximum atomic E-state index is 13.4. The van der Waals surface area contributed by atoms with Gasteiger partial charge in [-0.1, -0.05) is 42.5 Å². The predicted octanol–water partition coefficient (Wildman–Crippen LogP) is 6.76. The Morgan fingerprint density at radius 1 is 1.07 bits per heavy atom. The standard InChI is InChI=1S/C24H18BrFO4/c1-2-28-24(27)22-18-12-21(29-14-15-7-6-10-17(26)11-15)19(25)13-20(18)30-23(22)16-8-4-3-5-9-16/h3-13H,2,14H2,1H3. The summed E-state index contributed by atoms with van der Waals surface area (Å²) in [7, 11) is 0. The Kier molecular flexibility index (Phi) is 5.86. The molecule has 30 heavy (non-hydrogen) atoms. The normalized spacial score (nSPS) is 10.9. The number of furan rings is 1. The molecule has 0 unspecified atom stereocenters. The van der Waals surface area contributed by atoms with Crippen LogP contribution in [0.4, 0.5) is 4.39 Å². The number of hydrogen-bond acceptors (Lipinski definition) is 4. The number of hydrogen-bond donors (Lipinski definition) is 0. The Balaban J connectivity index is 1.78. The fraction of sp³-hybridized carbons (Fsp3) is 0.125.